The molecule has 0 spiro atoms. The van der Waals surface area contributed by atoms with Crippen LogP contribution in [-0.4, -0.2) is 8.42 Å². The maximum absolute atomic E-state index is 12.8. The molecule has 9 heteroatoms. The maximum atomic E-state index is 12.8. The van der Waals surface area contributed by atoms with E-state index in [1.165, 1.54) is 12.1 Å². The minimum atomic E-state index is -4.76. The van der Waals surface area contributed by atoms with E-state index in [0.717, 1.165) is 24.3 Å². The number of nitrogens with one attached hydrogen (secondary N) is 1. The molecule has 0 radical (unpaired) electrons. The highest BCUT2D eigenvalue weighted by Gasteiger charge is 2.34. The first-order valence-electron chi connectivity index (χ1n) is 6.20. The highest BCUT2D eigenvalue weighted by Crippen LogP contribution is 2.35. The van der Waals surface area contributed by atoms with Crippen LogP contribution < -0.4 is 4.72 Å². The second-order valence-electron chi connectivity index (χ2n) is 4.59. The first-order valence-corrected chi connectivity index (χ1v) is 8.06. The Bertz CT molecular complexity index is 805. The van der Waals surface area contributed by atoms with Crippen molar-refractivity contribution in [3.8, 4) is 0 Å². The minimum absolute atomic E-state index is 0.188. The summed E-state index contributed by atoms with van der Waals surface area (Å²) in [5.74, 6) is -0.482. The Morgan fingerprint density at radius 3 is 2.22 bits per heavy atom. The summed E-state index contributed by atoms with van der Waals surface area (Å²) in [5, 5.41) is -0.588. The van der Waals surface area contributed by atoms with E-state index in [0.29, 0.717) is 11.6 Å². The van der Waals surface area contributed by atoms with Gasteiger partial charge in [-0.25, -0.2) is 17.5 Å². The van der Waals surface area contributed by atoms with E-state index >= 15 is 0 Å². The van der Waals surface area contributed by atoms with E-state index in [4.69, 9.17) is 11.6 Å². The van der Waals surface area contributed by atoms with E-state index in [-0.39, 0.29) is 6.54 Å². The molecule has 1 N–H and O–H groups in total. The zero-order valence-electron chi connectivity index (χ0n) is 11.4. The molecule has 0 amide bonds. The molecule has 0 saturated carbocycles. The molecule has 3 nitrogen and oxygen atoms in total. The molecular formula is C14H10ClF4NO2S. The van der Waals surface area contributed by atoms with Crippen LogP contribution in [0.15, 0.2) is 47.4 Å². The summed E-state index contributed by atoms with van der Waals surface area (Å²) in [6.07, 6.45) is -4.76. The smallest absolute Gasteiger partial charge is 0.207 e. The summed E-state index contributed by atoms with van der Waals surface area (Å²) in [7, 11) is -4.17. The van der Waals surface area contributed by atoms with Crippen LogP contribution in [0.5, 0.6) is 0 Å². The fourth-order valence-electron chi connectivity index (χ4n) is 1.75. The van der Waals surface area contributed by atoms with Crippen LogP contribution in [-0.2, 0) is 22.7 Å². The predicted octanol–water partition coefficient (Wildman–Crippen LogP) is 3.98. The summed E-state index contributed by atoms with van der Waals surface area (Å²) >= 11 is 5.45. The standard InChI is InChI=1S/C14H10ClF4NO2S/c15-13-6-5-11(7-12(13)14(17,18)19)23(21,22)20-8-9-1-3-10(16)4-2-9/h1-7,20H,8H2. The van der Waals surface area contributed by atoms with Crippen LogP contribution in [0.1, 0.15) is 11.1 Å². The van der Waals surface area contributed by atoms with Gasteiger partial charge in [0.2, 0.25) is 10.0 Å². The number of sulfonamides is 1. The van der Waals surface area contributed by atoms with Crippen LogP contribution in [0, 0.1) is 5.82 Å². The molecular weight excluding hydrogens is 358 g/mol. The fraction of sp³-hybridized carbons (Fsp3) is 0.143. The molecule has 0 aromatic heterocycles. The van der Waals surface area contributed by atoms with Crippen molar-refractivity contribution in [1.82, 2.24) is 4.72 Å². The van der Waals surface area contributed by atoms with Crippen molar-refractivity contribution in [2.24, 2.45) is 0 Å². The maximum Gasteiger partial charge on any atom is 0.417 e. The summed E-state index contributed by atoms with van der Waals surface area (Å²) in [6.45, 7) is -0.188. The molecule has 0 heterocycles. The molecule has 2 aromatic carbocycles. The number of hydrogen-bond acceptors (Lipinski definition) is 2. The van der Waals surface area contributed by atoms with Gasteiger partial charge in [-0.2, -0.15) is 13.2 Å². The normalized spacial score (nSPS) is 12.4. The second-order valence-corrected chi connectivity index (χ2v) is 6.76. The molecule has 23 heavy (non-hydrogen) atoms. The Morgan fingerprint density at radius 1 is 1.04 bits per heavy atom. The molecule has 2 aromatic rings. The lowest BCUT2D eigenvalue weighted by Crippen LogP contribution is -2.23. The van der Waals surface area contributed by atoms with Gasteiger partial charge in [-0.05, 0) is 35.9 Å². The highest BCUT2D eigenvalue weighted by atomic mass is 35.5. The van der Waals surface area contributed by atoms with Gasteiger partial charge in [-0.3, -0.25) is 0 Å². The number of alkyl halides is 3. The fourth-order valence-corrected chi connectivity index (χ4v) is 3.02. The first-order chi connectivity index (χ1) is 10.6. The van der Waals surface area contributed by atoms with Gasteiger partial charge in [-0.15, -0.1) is 0 Å². The van der Waals surface area contributed by atoms with Gasteiger partial charge in [0.05, 0.1) is 15.5 Å². The largest absolute Gasteiger partial charge is 0.417 e. The third kappa shape index (κ3) is 4.43. The monoisotopic (exact) mass is 367 g/mol. The van der Waals surface area contributed by atoms with Gasteiger partial charge in [0, 0.05) is 6.54 Å². The molecule has 0 aliphatic rings. The summed E-state index contributed by atoms with van der Waals surface area (Å²) in [4.78, 5) is -0.559. The number of halogens is 5. The first kappa shape index (κ1) is 17.7. The lowest BCUT2D eigenvalue weighted by Gasteiger charge is -2.12. The van der Waals surface area contributed by atoms with Crippen LogP contribution >= 0.6 is 11.6 Å². The molecule has 0 saturated heterocycles. The highest BCUT2D eigenvalue weighted by molar-refractivity contribution is 7.89. The van der Waals surface area contributed by atoms with Crippen molar-refractivity contribution in [2.45, 2.75) is 17.6 Å². The van der Waals surface area contributed by atoms with Crippen LogP contribution in [0.3, 0.4) is 0 Å². The zero-order chi connectivity index (χ0) is 17.3. The number of benzene rings is 2. The molecule has 124 valence electrons. The summed E-state index contributed by atoms with van der Waals surface area (Å²) < 4.78 is 77.4. The van der Waals surface area contributed by atoms with Gasteiger partial charge in [0.1, 0.15) is 5.82 Å². The van der Waals surface area contributed by atoms with Gasteiger partial charge >= 0.3 is 6.18 Å². The third-order valence-corrected chi connectivity index (χ3v) is 4.66. The molecule has 0 aliphatic carbocycles. The van der Waals surface area contributed by atoms with Crippen molar-refractivity contribution >= 4 is 21.6 Å². The molecule has 0 atom stereocenters. The van der Waals surface area contributed by atoms with Crippen molar-refractivity contribution in [1.29, 1.82) is 0 Å². The number of rotatable bonds is 4. The minimum Gasteiger partial charge on any atom is -0.207 e. The van der Waals surface area contributed by atoms with Crippen molar-refractivity contribution < 1.29 is 26.0 Å². The van der Waals surface area contributed by atoms with E-state index in [1.807, 2.05) is 0 Å². The van der Waals surface area contributed by atoms with Crippen molar-refractivity contribution in [3.63, 3.8) is 0 Å². The van der Waals surface area contributed by atoms with E-state index in [2.05, 4.69) is 4.72 Å². The van der Waals surface area contributed by atoms with Gasteiger partial charge in [0.15, 0.2) is 0 Å². The topological polar surface area (TPSA) is 46.2 Å². The Labute approximate surface area is 134 Å². The summed E-state index contributed by atoms with van der Waals surface area (Å²) in [5.41, 5.74) is -0.774. The molecule has 0 fully saturated rings. The van der Waals surface area contributed by atoms with Gasteiger partial charge in [0.25, 0.3) is 0 Å². The lowest BCUT2D eigenvalue weighted by atomic mass is 10.2. The quantitative estimate of drug-likeness (QED) is 0.831. The average molecular weight is 368 g/mol. The Kier molecular flexibility index (Phi) is 4.98. The SMILES string of the molecule is O=S(=O)(NCc1ccc(F)cc1)c1ccc(Cl)c(C(F)(F)F)c1. The van der Waals surface area contributed by atoms with E-state index in [1.54, 1.807) is 0 Å². The Hall–Kier alpha value is -1.64. The zero-order valence-corrected chi connectivity index (χ0v) is 12.9. The number of hydrogen-bond donors (Lipinski definition) is 1. The predicted molar refractivity (Wildman–Crippen MR) is 76.9 cm³/mol. The molecule has 0 aliphatic heterocycles. The molecule has 0 bridgehead atoms. The van der Waals surface area contributed by atoms with Crippen LogP contribution in [0.4, 0.5) is 17.6 Å². The Morgan fingerprint density at radius 2 is 1.65 bits per heavy atom. The van der Waals surface area contributed by atoms with Crippen LogP contribution in [0.2, 0.25) is 5.02 Å². The van der Waals surface area contributed by atoms with Gasteiger partial charge in [-0.1, -0.05) is 23.7 Å². The van der Waals surface area contributed by atoms with Crippen LogP contribution in [0.25, 0.3) is 0 Å². The second kappa shape index (κ2) is 6.46. The summed E-state index contributed by atoms with van der Waals surface area (Å²) in [6, 6.07) is 7.33. The Balaban J connectivity index is 2.24. The lowest BCUT2D eigenvalue weighted by molar-refractivity contribution is -0.137. The van der Waals surface area contributed by atoms with Crippen molar-refractivity contribution in [2.75, 3.05) is 0 Å². The van der Waals surface area contributed by atoms with Gasteiger partial charge < -0.3 is 0 Å². The molecule has 0 unspecified atom stereocenters. The third-order valence-electron chi connectivity index (χ3n) is 2.93. The van der Waals surface area contributed by atoms with Crippen molar-refractivity contribution in [3.05, 3.63) is 64.4 Å². The average Bonchev–Trinajstić information content (AvgIpc) is 2.46. The van der Waals surface area contributed by atoms with E-state index in [9.17, 15) is 26.0 Å². The van der Waals surface area contributed by atoms with E-state index < -0.39 is 37.5 Å². The molecule has 2 rings (SSSR count).